The molecule has 0 radical (unpaired) electrons. The van der Waals surface area contributed by atoms with E-state index in [0.717, 1.165) is 41.6 Å². The number of benzene rings is 1. The van der Waals surface area contributed by atoms with E-state index in [2.05, 4.69) is 53.3 Å². The van der Waals surface area contributed by atoms with Gasteiger partial charge >= 0.3 is 0 Å². The average molecular weight is 408 g/mol. The molecule has 1 amide bonds. The van der Waals surface area contributed by atoms with Crippen LogP contribution in [0.5, 0.6) is 0 Å². The van der Waals surface area contributed by atoms with Crippen molar-refractivity contribution in [2.75, 3.05) is 12.3 Å². The number of piperidine rings is 1. The van der Waals surface area contributed by atoms with E-state index in [1.54, 1.807) is 12.4 Å². The Kier molecular flexibility index (Phi) is 5.94. The number of aryl methyl sites for hydroxylation is 1. The fraction of sp³-hybridized carbons (Fsp3) is 0.364. The van der Waals surface area contributed by atoms with Crippen LogP contribution in [0, 0.1) is 6.92 Å². The molecule has 0 aliphatic carbocycles. The number of rotatable bonds is 5. The molecule has 1 fully saturated rings. The number of nitrogens with zero attached hydrogens (tertiary/aromatic N) is 5. The standard InChI is InChI=1S/C22H25N5OS/c1-16-6-8-19(9-7-16)27-21(18-10-12-23-13-11-18)24-25-22(27)29-15-20(28)26-14-4-3-5-17(26)2/h6-13,17H,3-5,14-15H2,1-2H3/t17-/m0/s1. The van der Waals surface area contributed by atoms with Crippen molar-refractivity contribution in [1.29, 1.82) is 0 Å². The van der Waals surface area contributed by atoms with Crippen molar-refractivity contribution < 1.29 is 4.79 Å². The molecule has 1 saturated heterocycles. The van der Waals surface area contributed by atoms with Gasteiger partial charge in [-0.1, -0.05) is 29.5 Å². The van der Waals surface area contributed by atoms with Gasteiger partial charge in [0.2, 0.25) is 5.91 Å². The number of carbonyl (C=O) groups is 1. The highest BCUT2D eigenvalue weighted by molar-refractivity contribution is 7.99. The molecule has 0 bridgehead atoms. The van der Waals surface area contributed by atoms with Crippen molar-refractivity contribution in [3.63, 3.8) is 0 Å². The molecule has 29 heavy (non-hydrogen) atoms. The zero-order valence-electron chi connectivity index (χ0n) is 16.8. The predicted molar refractivity (Wildman–Crippen MR) is 115 cm³/mol. The van der Waals surface area contributed by atoms with Gasteiger partial charge in [-0.3, -0.25) is 14.3 Å². The van der Waals surface area contributed by atoms with E-state index in [-0.39, 0.29) is 5.91 Å². The first-order valence-electron chi connectivity index (χ1n) is 9.98. The third kappa shape index (κ3) is 4.34. The van der Waals surface area contributed by atoms with E-state index in [9.17, 15) is 4.79 Å². The van der Waals surface area contributed by atoms with Crippen LogP contribution in [-0.4, -0.2) is 48.9 Å². The second-order valence-electron chi connectivity index (χ2n) is 7.43. The van der Waals surface area contributed by atoms with Gasteiger partial charge in [0.05, 0.1) is 5.75 Å². The summed E-state index contributed by atoms with van der Waals surface area (Å²) in [6.45, 7) is 5.05. The third-order valence-electron chi connectivity index (χ3n) is 5.31. The molecule has 3 heterocycles. The molecule has 6 nitrogen and oxygen atoms in total. The lowest BCUT2D eigenvalue weighted by atomic mass is 10.0. The van der Waals surface area contributed by atoms with Gasteiger partial charge in [0.25, 0.3) is 0 Å². The topological polar surface area (TPSA) is 63.9 Å². The third-order valence-corrected chi connectivity index (χ3v) is 6.23. The Morgan fingerprint density at radius 3 is 2.59 bits per heavy atom. The molecule has 4 rings (SSSR count). The quantitative estimate of drug-likeness (QED) is 0.595. The number of hydrogen-bond donors (Lipinski definition) is 0. The van der Waals surface area contributed by atoms with Crippen LogP contribution >= 0.6 is 11.8 Å². The number of hydrogen-bond acceptors (Lipinski definition) is 5. The Morgan fingerprint density at radius 1 is 1.10 bits per heavy atom. The van der Waals surface area contributed by atoms with Crippen molar-refractivity contribution in [1.82, 2.24) is 24.6 Å². The monoisotopic (exact) mass is 407 g/mol. The summed E-state index contributed by atoms with van der Waals surface area (Å²) in [6.07, 6.45) is 6.87. The van der Waals surface area contributed by atoms with Crippen molar-refractivity contribution in [2.24, 2.45) is 0 Å². The van der Waals surface area contributed by atoms with Crippen LogP contribution in [0.3, 0.4) is 0 Å². The van der Waals surface area contributed by atoms with Gasteiger partial charge in [0.1, 0.15) is 0 Å². The molecular formula is C22H25N5OS. The Labute approximate surface area is 175 Å². The molecule has 0 spiro atoms. The molecule has 0 unspecified atom stereocenters. The summed E-state index contributed by atoms with van der Waals surface area (Å²) in [7, 11) is 0. The molecular weight excluding hydrogens is 382 g/mol. The normalized spacial score (nSPS) is 16.8. The molecule has 1 atom stereocenters. The second-order valence-corrected chi connectivity index (χ2v) is 8.38. The van der Waals surface area contributed by atoms with Gasteiger partial charge in [0, 0.05) is 36.2 Å². The van der Waals surface area contributed by atoms with Crippen molar-refractivity contribution in [2.45, 2.75) is 44.3 Å². The number of thioether (sulfide) groups is 1. The van der Waals surface area contributed by atoms with Gasteiger partial charge in [-0.15, -0.1) is 10.2 Å². The van der Waals surface area contributed by atoms with Crippen LogP contribution in [0.15, 0.2) is 53.9 Å². The van der Waals surface area contributed by atoms with Gasteiger partial charge < -0.3 is 4.90 Å². The molecule has 7 heteroatoms. The maximum Gasteiger partial charge on any atom is 0.233 e. The lowest BCUT2D eigenvalue weighted by Gasteiger charge is -2.33. The summed E-state index contributed by atoms with van der Waals surface area (Å²) in [4.78, 5) is 18.9. The highest BCUT2D eigenvalue weighted by atomic mass is 32.2. The van der Waals surface area contributed by atoms with Gasteiger partial charge in [-0.05, 0) is 57.4 Å². The zero-order valence-corrected chi connectivity index (χ0v) is 17.6. The first-order chi connectivity index (χ1) is 14.1. The molecule has 1 aliphatic rings. The largest absolute Gasteiger partial charge is 0.339 e. The van der Waals surface area contributed by atoms with E-state index >= 15 is 0 Å². The summed E-state index contributed by atoms with van der Waals surface area (Å²) in [5, 5.41) is 9.56. The SMILES string of the molecule is Cc1ccc(-n2c(SCC(=O)N3CCCC[C@@H]3C)nnc2-c2ccncc2)cc1. The molecule has 1 aliphatic heterocycles. The minimum absolute atomic E-state index is 0.172. The summed E-state index contributed by atoms with van der Waals surface area (Å²) >= 11 is 1.45. The lowest BCUT2D eigenvalue weighted by Crippen LogP contribution is -2.42. The van der Waals surface area contributed by atoms with Gasteiger partial charge in [0.15, 0.2) is 11.0 Å². The van der Waals surface area contributed by atoms with Crippen LogP contribution < -0.4 is 0 Å². The lowest BCUT2D eigenvalue weighted by molar-refractivity contribution is -0.131. The highest BCUT2D eigenvalue weighted by Crippen LogP contribution is 2.28. The van der Waals surface area contributed by atoms with E-state index < -0.39 is 0 Å². The number of likely N-dealkylation sites (tertiary alicyclic amines) is 1. The summed E-state index contributed by atoms with van der Waals surface area (Å²) in [5.74, 6) is 1.29. The summed E-state index contributed by atoms with van der Waals surface area (Å²) < 4.78 is 2.02. The molecule has 150 valence electrons. The average Bonchev–Trinajstić information content (AvgIpc) is 3.17. The highest BCUT2D eigenvalue weighted by Gasteiger charge is 2.24. The van der Waals surface area contributed by atoms with Crippen LogP contribution in [0.2, 0.25) is 0 Å². The van der Waals surface area contributed by atoms with Crippen LogP contribution in [0.4, 0.5) is 0 Å². The van der Waals surface area contributed by atoms with E-state index in [4.69, 9.17) is 0 Å². The Balaban J connectivity index is 1.62. The minimum Gasteiger partial charge on any atom is -0.339 e. The molecule has 0 N–H and O–H groups in total. The van der Waals surface area contributed by atoms with Crippen LogP contribution in [0.1, 0.15) is 31.7 Å². The maximum atomic E-state index is 12.8. The maximum absolute atomic E-state index is 12.8. The summed E-state index contributed by atoms with van der Waals surface area (Å²) in [5.41, 5.74) is 3.11. The second kappa shape index (κ2) is 8.78. The Morgan fingerprint density at radius 2 is 1.86 bits per heavy atom. The minimum atomic E-state index is 0.172. The van der Waals surface area contributed by atoms with E-state index in [1.807, 2.05) is 21.6 Å². The van der Waals surface area contributed by atoms with Crippen LogP contribution in [-0.2, 0) is 4.79 Å². The zero-order chi connectivity index (χ0) is 20.2. The van der Waals surface area contributed by atoms with Crippen molar-refractivity contribution >= 4 is 17.7 Å². The van der Waals surface area contributed by atoms with Crippen LogP contribution in [0.25, 0.3) is 17.1 Å². The Bertz CT molecular complexity index is 971. The summed E-state index contributed by atoms with van der Waals surface area (Å²) in [6, 6.07) is 12.4. The van der Waals surface area contributed by atoms with E-state index in [0.29, 0.717) is 11.8 Å². The fourth-order valence-electron chi connectivity index (χ4n) is 3.66. The molecule has 2 aromatic heterocycles. The number of carbonyl (C=O) groups excluding carboxylic acids is 1. The number of aromatic nitrogens is 4. The Hall–Kier alpha value is -2.67. The van der Waals surface area contributed by atoms with Crippen molar-refractivity contribution in [3.05, 3.63) is 54.4 Å². The number of pyridine rings is 1. The number of amides is 1. The van der Waals surface area contributed by atoms with Gasteiger partial charge in [-0.2, -0.15) is 0 Å². The molecule has 0 saturated carbocycles. The first kappa shape index (κ1) is 19.6. The first-order valence-corrected chi connectivity index (χ1v) is 11.0. The fourth-order valence-corrected chi connectivity index (χ4v) is 4.49. The molecule has 3 aromatic rings. The van der Waals surface area contributed by atoms with E-state index in [1.165, 1.54) is 23.7 Å². The van der Waals surface area contributed by atoms with Gasteiger partial charge in [-0.25, -0.2) is 0 Å². The van der Waals surface area contributed by atoms with Crippen molar-refractivity contribution in [3.8, 4) is 17.1 Å². The smallest absolute Gasteiger partial charge is 0.233 e. The predicted octanol–water partition coefficient (Wildman–Crippen LogP) is 4.13. The molecule has 1 aromatic carbocycles.